The van der Waals surface area contributed by atoms with Gasteiger partial charge in [0.1, 0.15) is 0 Å². The lowest BCUT2D eigenvalue weighted by atomic mass is 9.88. The quantitative estimate of drug-likeness (QED) is 0.841. The topological polar surface area (TPSA) is 20.2 Å². The number of rotatable bonds is 4. The largest absolute Gasteiger partial charge is 0.393 e. The van der Waals surface area contributed by atoms with E-state index >= 15 is 0 Å². The third-order valence-corrected chi connectivity index (χ3v) is 3.80. The van der Waals surface area contributed by atoms with Gasteiger partial charge in [-0.2, -0.15) is 0 Å². The number of aliphatic hydroxyl groups excluding tert-OH is 1. The molecule has 1 aromatic heterocycles. The van der Waals surface area contributed by atoms with Gasteiger partial charge in [-0.25, -0.2) is 0 Å². The van der Waals surface area contributed by atoms with Crippen LogP contribution < -0.4 is 0 Å². The summed E-state index contributed by atoms with van der Waals surface area (Å²) in [7, 11) is 0. The maximum absolute atomic E-state index is 9.62. The van der Waals surface area contributed by atoms with Gasteiger partial charge >= 0.3 is 0 Å². The van der Waals surface area contributed by atoms with E-state index in [0.717, 1.165) is 10.8 Å². The van der Waals surface area contributed by atoms with Gasteiger partial charge in [-0.1, -0.05) is 25.4 Å². The van der Waals surface area contributed by atoms with Gasteiger partial charge < -0.3 is 5.11 Å². The molecule has 0 radical (unpaired) electrons. The van der Waals surface area contributed by atoms with Gasteiger partial charge in [0.25, 0.3) is 0 Å². The molecule has 1 rings (SSSR count). The van der Waals surface area contributed by atoms with Crippen LogP contribution in [0.3, 0.4) is 0 Å². The fourth-order valence-corrected chi connectivity index (χ4v) is 2.82. The summed E-state index contributed by atoms with van der Waals surface area (Å²) in [4.78, 5) is 1.26. The summed E-state index contributed by atoms with van der Waals surface area (Å²) in [6.45, 7) is 6.15. The Balaban J connectivity index is 2.64. The molecule has 0 aromatic carbocycles. The van der Waals surface area contributed by atoms with Crippen LogP contribution in [0.2, 0.25) is 4.34 Å². The molecule has 14 heavy (non-hydrogen) atoms. The Morgan fingerprint density at radius 1 is 1.36 bits per heavy atom. The van der Waals surface area contributed by atoms with E-state index in [-0.39, 0.29) is 6.10 Å². The Labute approximate surface area is 94.7 Å². The molecule has 0 saturated heterocycles. The standard InChI is InChI=1S/C11H17ClOS/c1-7(2)10(8(3)13)6-9-4-5-11(12)14-9/h4-5,7-8,10,13H,6H2,1-3H3. The van der Waals surface area contributed by atoms with Crippen molar-refractivity contribution in [3.63, 3.8) is 0 Å². The Morgan fingerprint density at radius 3 is 2.36 bits per heavy atom. The second kappa shape index (κ2) is 5.15. The normalized spacial score (nSPS) is 15.9. The average Bonchev–Trinajstić information content (AvgIpc) is 2.46. The van der Waals surface area contributed by atoms with Crippen molar-refractivity contribution in [3.8, 4) is 0 Å². The molecule has 80 valence electrons. The Bertz CT molecular complexity index is 273. The Kier molecular flexibility index (Phi) is 4.42. The van der Waals surface area contributed by atoms with Crippen molar-refractivity contribution in [2.75, 3.05) is 0 Å². The molecule has 0 aliphatic carbocycles. The first kappa shape index (κ1) is 12.0. The highest BCUT2D eigenvalue weighted by atomic mass is 35.5. The smallest absolute Gasteiger partial charge is 0.0931 e. The molecular weight excluding hydrogens is 216 g/mol. The summed E-state index contributed by atoms with van der Waals surface area (Å²) in [5.74, 6) is 0.820. The number of thiophene rings is 1. The van der Waals surface area contributed by atoms with Crippen LogP contribution in [0.1, 0.15) is 25.6 Å². The fraction of sp³-hybridized carbons (Fsp3) is 0.636. The first-order valence-electron chi connectivity index (χ1n) is 4.93. The van der Waals surface area contributed by atoms with Crippen LogP contribution in [0.25, 0.3) is 0 Å². The van der Waals surface area contributed by atoms with Gasteiger partial charge in [0.15, 0.2) is 0 Å². The van der Waals surface area contributed by atoms with Crippen LogP contribution >= 0.6 is 22.9 Å². The molecule has 0 saturated carbocycles. The highest BCUT2D eigenvalue weighted by Crippen LogP contribution is 2.27. The van der Waals surface area contributed by atoms with Crippen molar-refractivity contribution in [2.45, 2.75) is 33.3 Å². The zero-order valence-corrected chi connectivity index (χ0v) is 10.4. The average molecular weight is 233 g/mol. The summed E-state index contributed by atoms with van der Waals surface area (Å²) in [5, 5.41) is 9.62. The Morgan fingerprint density at radius 2 is 2.00 bits per heavy atom. The van der Waals surface area contributed by atoms with Gasteiger partial charge in [0.2, 0.25) is 0 Å². The summed E-state index contributed by atoms with van der Waals surface area (Å²) in [5.41, 5.74) is 0. The van der Waals surface area contributed by atoms with E-state index in [0.29, 0.717) is 11.8 Å². The zero-order valence-electron chi connectivity index (χ0n) is 8.83. The minimum atomic E-state index is -0.254. The third kappa shape index (κ3) is 3.26. The van der Waals surface area contributed by atoms with Crippen LogP contribution in [-0.2, 0) is 6.42 Å². The second-order valence-electron chi connectivity index (χ2n) is 4.06. The van der Waals surface area contributed by atoms with Crippen molar-refractivity contribution in [2.24, 2.45) is 11.8 Å². The summed E-state index contributed by atoms with van der Waals surface area (Å²) in [6, 6.07) is 3.96. The lowest BCUT2D eigenvalue weighted by molar-refractivity contribution is 0.0982. The summed E-state index contributed by atoms with van der Waals surface area (Å²) in [6.07, 6.45) is 0.670. The van der Waals surface area contributed by atoms with Gasteiger partial charge in [-0.15, -0.1) is 11.3 Å². The molecule has 1 heterocycles. The molecule has 0 spiro atoms. The predicted molar refractivity (Wildman–Crippen MR) is 63.0 cm³/mol. The fourth-order valence-electron chi connectivity index (χ4n) is 1.66. The predicted octanol–water partition coefficient (Wildman–Crippen LogP) is 3.60. The van der Waals surface area contributed by atoms with Crippen molar-refractivity contribution in [1.29, 1.82) is 0 Å². The molecule has 0 amide bonds. The number of hydrogen-bond acceptors (Lipinski definition) is 2. The molecule has 1 N–H and O–H groups in total. The molecule has 2 unspecified atom stereocenters. The van der Waals surface area contributed by atoms with Crippen LogP contribution in [0.15, 0.2) is 12.1 Å². The van der Waals surface area contributed by atoms with E-state index in [9.17, 15) is 5.11 Å². The van der Waals surface area contributed by atoms with Gasteiger partial charge in [-0.05, 0) is 37.3 Å². The molecule has 0 aliphatic heterocycles. The third-order valence-electron chi connectivity index (χ3n) is 2.54. The lowest BCUT2D eigenvalue weighted by Crippen LogP contribution is -2.24. The van der Waals surface area contributed by atoms with E-state index in [1.54, 1.807) is 11.3 Å². The molecule has 0 bridgehead atoms. The molecule has 2 atom stereocenters. The molecule has 3 heteroatoms. The monoisotopic (exact) mass is 232 g/mol. The van der Waals surface area contributed by atoms with Crippen molar-refractivity contribution >= 4 is 22.9 Å². The minimum Gasteiger partial charge on any atom is -0.393 e. The first-order valence-corrected chi connectivity index (χ1v) is 6.12. The van der Waals surface area contributed by atoms with Crippen molar-refractivity contribution in [3.05, 3.63) is 21.3 Å². The van der Waals surface area contributed by atoms with Gasteiger partial charge in [-0.3, -0.25) is 0 Å². The Hall–Kier alpha value is -0.0500. The zero-order chi connectivity index (χ0) is 10.7. The van der Waals surface area contributed by atoms with E-state index < -0.39 is 0 Å². The van der Waals surface area contributed by atoms with Crippen molar-refractivity contribution < 1.29 is 5.11 Å². The number of halogens is 1. The number of aliphatic hydroxyl groups is 1. The maximum atomic E-state index is 9.62. The van der Waals surface area contributed by atoms with Crippen molar-refractivity contribution in [1.82, 2.24) is 0 Å². The molecule has 1 aromatic rings. The van der Waals surface area contributed by atoms with E-state index in [4.69, 9.17) is 11.6 Å². The minimum absolute atomic E-state index is 0.254. The molecule has 0 aliphatic rings. The van der Waals surface area contributed by atoms with E-state index in [1.807, 2.05) is 19.1 Å². The van der Waals surface area contributed by atoms with E-state index in [2.05, 4.69) is 13.8 Å². The van der Waals surface area contributed by atoms with Gasteiger partial charge in [0, 0.05) is 4.88 Å². The SMILES string of the molecule is CC(C)C(Cc1ccc(Cl)s1)C(C)O. The maximum Gasteiger partial charge on any atom is 0.0931 e. The first-order chi connectivity index (χ1) is 6.50. The van der Waals surface area contributed by atoms with Crippen LogP contribution in [0.5, 0.6) is 0 Å². The van der Waals surface area contributed by atoms with Crippen LogP contribution in [-0.4, -0.2) is 11.2 Å². The highest BCUT2D eigenvalue weighted by molar-refractivity contribution is 7.16. The number of hydrogen-bond donors (Lipinski definition) is 1. The summed E-state index contributed by atoms with van der Waals surface area (Å²) < 4.78 is 0.827. The second-order valence-corrected chi connectivity index (χ2v) is 5.86. The van der Waals surface area contributed by atoms with Crippen LogP contribution in [0, 0.1) is 11.8 Å². The summed E-state index contributed by atoms with van der Waals surface area (Å²) >= 11 is 7.46. The van der Waals surface area contributed by atoms with Crippen LogP contribution in [0.4, 0.5) is 0 Å². The van der Waals surface area contributed by atoms with Gasteiger partial charge in [0.05, 0.1) is 10.4 Å². The molecule has 1 nitrogen and oxygen atoms in total. The highest BCUT2D eigenvalue weighted by Gasteiger charge is 2.19. The van der Waals surface area contributed by atoms with E-state index in [1.165, 1.54) is 4.88 Å². The molecular formula is C11H17ClOS. The lowest BCUT2D eigenvalue weighted by Gasteiger charge is -2.22. The molecule has 0 fully saturated rings.